The van der Waals surface area contributed by atoms with Crippen LogP contribution in [0.1, 0.15) is 11.3 Å². The van der Waals surface area contributed by atoms with Crippen molar-refractivity contribution in [3.05, 3.63) is 34.0 Å². The van der Waals surface area contributed by atoms with Gasteiger partial charge in [-0.3, -0.25) is 4.68 Å². The molecular weight excluding hydrogens is 261 g/mol. The molecule has 0 saturated carbocycles. The zero-order valence-corrected chi connectivity index (χ0v) is 10.9. The minimum absolute atomic E-state index is 0.166. The fourth-order valence-electron chi connectivity index (χ4n) is 1.37. The topological polar surface area (TPSA) is 55.6 Å². The zero-order chi connectivity index (χ0) is 12.4. The molecule has 7 heteroatoms. The standard InChI is InChI=1S/C10H11Cl2N5/c1-6-7(4-15-17(6)2)3-13-9-8(11)5-14-10(12)16-9/h4-5H,3H2,1-2H3,(H,13,14,16). The molecule has 0 saturated heterocycles. The molecule has 0 amide bonds. The Labute approximate surface area is 109 Å². The molecule has 0 spiro atoms. The molecule has 0 aromatic carbocycles. The molecule has 90 valence electrons. The molecule has 1 N–H and O–H groups in total. The van der Waals surface area contributed by atoms with E-state index in [0.29, 0.717) is 17.4 Å². The molecule has 17 heavy (non-hydrogen) atoms. The molecule has 2 aromatic rings. The molecule has 2 heterocycles. The van der Waals surface area contributed by atoms with Crippen LogP contribution in [0.2, 0.25) is 10.3 Å². The molecule has 0 aliphatic rings. The van der Waals surface area contributed by atoms with E-state index >= 15 is 0 Å². The molecule has 0 aliphatic carbocycles. The van der Waals surface area contributed by atoms with Gasteiger partial charge in [-0.1, -0.05) is 11.6 Å². The van der Waals surface area contributed by atoms with Crippen LogP contribution in [0.25, 0.3) is 0 Å². The van der Waals surface area contributed by atoms with Gasteiger partial charge in [0.25, 0.3) is 0 Å². The van der Waals surface area contributed by atoms with Crippen LogP contribution in [-0.2, 0) is 13.6 Å². The summed E-state index contributed by atoms with van der Waals surface area (Å²) in [5.41, 5.74) is 2.17. The molecule has 0 atom stereocenters. The SMILES string of the molecule is Cc1c(CNc2nc(Cl)ncc2Cl)cnn1C. The Hall–Kier alpha value is -1.33. The minimum atomic E-state index is 0.166. The van der Waals surface area contributed by atoms with Crippen molar-refractivity contribution in [3.8, 4) is 0 Å². The van der Waals surface area contributed by atoms with Gasteiger partial charge in [0.1, 0.15) is 10.8 Å². The van der Waals surface area contributed by atoms with E-state index in [1.54, 1.807) is 6.20 Å². The van der Waals surface area contributed by atoms with Gasteiger partial charge in [0.15, 0.2) is 0 Å². The second-order valence-electron chi connectivity index (χ2n) is 3.57. The molecule has 0 radical (unpaired) electrons. The maximum atomic E-state index is 5.94. The number of nitrogens with zero attached hydrogens (tertiary/aromatic N) is 4. The maximum absolute atomic E-state index is 5.94. The number of hydrogen-bond donors (Lipinski definition) is 1. The van der Waals surface area contributed by atoms with Gasteiger partial charge in [-0.05, 0) is 18.5 Å². The predicted octanol–water partition coefficient (Wildman–Crippen LogP) is 2.44. The highest BCUT2D eigenvalue weighted by atomic mass is 35.5. The normalized spacial score (nSPS) is 10.6. The first-order valence-electron chi connectivity index (χ1n) is 4.97. The Balaban J connectivity index is 2.12. The van der Waals surface area contributed by atoms with Crippen LogP contribution < -0.4 is 5.32 Å². The van der Waals surface area contributed by atoms with Gasteiger partial charge in [-0.15, -0.1) is 0 Å². The Morgan fingerprint density at radius 1 is 1.35 bits per heavy atom. The third-order valence-corrected chi connectivity index (χ3v) is 2.96. The highest BCUT2D eigenvalue weighted by molar-refractivity contribution is 6.33. The first kappa shape index (κ1) is 12.1. The van der Waals surface area contributed by atoms with Crippen molar-refractivity contribution in [1.29, 1.82) is 0 Å². The monoisotopic (exact) mass is 271 g/mol. The Bertz CT molecular complexity index is 537. The minimum Gasteiger partial charge on any atom is -0.364 e. The van der Waals surface area contributed by atoms with E-state index in [2.05, 4.69) is 20.4 Å². The highest BCUT2D eigenvalue weighted by Crippen LogP contribution is 2.20. The van der Waals surface area contributed by atoms with Crippen LogP contribution in [0.5, 0.6) is 0 Å². The van der Waals surface area contributed by atoms with Crippen LogP contribution in [0.4, 0.5) is 5.82 Å². The summed E-state index contributed by atoms with van der Waals surface area (Å²) >= 11 is 11.6. The number of halogens is 2. The van der Waals surface area contributed by atoms with Crippen LogP contribution in [-0.4, -0.2) is 19.7 Å². The number of hydrogen-bond acceptors (Lipinski definition) is 4. The van der Waals surface area contributed by atoms with E-state index in [4.69, 9.17) is 23.2 Å². The van der Waals surface area contributed by atoms with E-state index in [0.717, 1.165) is 11.3 Å². The van der Waals surface area contributed by atoms with Crippen molar-refractivity contribution >= 4 is 29.0 Å². The van der Waals surface area contributed by atoms with Crippen molar-refractivity contribution in [3.63, 3.8) is 0 Å². The van der Waals surface area contributed by atoms with E-state index < -0.39 is 0 Å². The Morgan fingerprint density at radius 2 is 2.12 bits per heavy atom. The van der Waals surface area contributed by atoms with Gasteiger partial charge in [-0.25, -0.2) is 4.98 Å². The molecule has 0 unspecified atom stereocenters. The van der Waals surface area contributed by atoms with E-state index in [9.17, 15) is 0 Å². The summed E-state index contributed by atoms with van der Waals surface area (Å²) in [6, 6.07) is 0. The van der Waals surface area contributed by atoms with Crippen LogP contribution >= 0.6 is 23.2 Å². The summed E-state index contributed by atoms with van der Waals surface area (Å²) in [5.74, 6) is 0.523. The summed E-state index contributed by atoms with van der Waals surface area (Å²) in [5, 5.41) is 7.86. The summed E-state index contributed by atoms with van der Waals surface area (Å²) < 4.78 is 1.81. The third-order valence-electron chi connectivity index (χ3n) is 2.50. The number of anilines is 1. The average molecular weight is 272 g/mol. The van der Waals surface area contributed by atoms with Crippen LogP contribution in [0.3, 0.4) is 0 Å². The molecule has 2 aromatic heterocycles. The summed E-state index contributed by atoms with van der Waals surface area (Å²) in [6.07, 6.45) is 3.27. The van der Waals surface area contributed by atoms with Crippen molar-refractivity contribution < 1.29 is 0 Å². The first-order valence-corrected chi connectivity index (χ1v) is 5.73. The fraction of sp³-hybridized carbons (Fsp3) is 0.300. The first-order chi connectivity index (χ1) is 8.08. The van der Waals surface area contributed by atoms with Crippen molar-refractivity contribution in [2.45, 2.75) is 13.5 Å². The Morgan fingerprint density at radius 3 is 2.76 bits per heavy atom. The summed E-state index contributed by atoms with van der Waals surface area (Å²) in [4.78, 5) is 7.79. The quantitative estimate of drug-likeness (QED) is 0.872. The zero-order valence-electron chi connectivity index (χ0n) is 9.41. The van der Waals surface area contributed by atoms with Crippen LogP contribution in [0, 0.1) is 6.92 Å². The molecule has 5 nitrogen and oxygen atoms in total. The van der Waals surface area contributed by atoms with Crippen molar-refractivity contribution in [2.24, 2.45) is 7.05 Å². The molecular formula is C10H11Cl2N5. The van der Waals surface area contributed by atoms with Gasteiger partial charge in [0.05, 0.1) is 12.4 Å². The van der Waals surface area contributed by atoms with Crippen molar-refractivity contribution in [2.75, 3.05) is 5.32 Å². The van der Waals surface area contributed by atoms with Gasteiger partial charge in [-0.2, -0.15) is 10.1 Å². The molecule has 0 aliphatic heterocycles. The second kappa shape index (κ2) is 4.89. The fourth-order valence-corrected chi connectivity index (χ4v) is 1.66. The smallest absolute Gasteiger partial charge is 0.224 e. The van der Waals surface area contributed by atoms with E-state index in [-0.39, 0.29) is 5.28 Å². The number of aryl methyl sites for hydroxylation is 1. The summed E-state index contributed by atoms with van der Waals surface area (Å²) in [7, 11) is 1.90. The van der Waals surface area contributed by atoms with Gasteiger partial charge >= 0.3 is 0 Å². The largest absolute Gasteiger partial charge is 0.364 e. The number of rotatable bonds is 3. The molecule has 0 fully saturated rings. The van der Waals surface area contributed by atoms with E-state index in [1.807, 2.05) is 18.7 Å². The molecule has 2 rings (SSSR count). The Kier molecular flexibility index (Phi) is 3.49. The maximum Gasteiger partial charge on any atom is 0.224 e. The summed E-state index contributed by atoms with van der Waals surface area (Å²) in [6.45, 7) is 2.59. The lowest BCUT2D eigenvalue weighted by molar-refractivity contribution is 0.738. The van der Waals surface area contributed by atoms with Crippen LogP contribution in [0.15, 0.2) is 12.4 Å². The van der Waals surface area contributed by atoms with Gasteiger partial charge < -0.3 is 5.32 Å². The predicted molar refractivity (Wildman–Crippen MR) is 67.3 cm³/mol. The van der Waals surface area contributed by atoms with Crippen molar-refractivity contribution in [1.82, 2.24) is 19.7 Å². The third kappa shape index (κ3) is 2.68. The highest BCUT2D eigenvalue weighted by Gasteiger charge is 2.07. The lowest BCUT2D eigenvalue weighted by Crippen LogP contribution is -2.04. The molecule has 0 bridgehead atoms. The van der Waals surface area contributed by atoms with Gasteiger partial charge in [0.2, 0.25) is 5.28 Å². The lowest BCUT2D eigenvalue weighted by Gasteiger charge is -2.06. The average Bonchev–Trinajstić information content (AvgIpc) is 2.62. The van der Waals surface area contributed by atoms with E-state index in [1.165, 1.54) is 6.20 Å². The second-order valence-corrected chi connectivity index (χ2v) is 4.31. The van der Waals surface area contributed by atoms with Gasteiger partial charge in [0, 0.05) is 24.8 Å². The lowest BCUT2D eigenvalue weighted by atomic mass is 10.2. The number of aromatic nitrogens is 4. The number of nitrogens with one attached hydrogen (secondary N) is 1.